The van der Waals surface area contributed by atoms with E-state index < -0.39 is 17.6 Å². The number of halogens is 4. The molecule has 0 radical (unpaired) electrons. The van der Waals surface area contributed by atoms with Crippen molar-refractivity contribution < 1.29 is 17.9 Å². The normalized spacial score (nSPS) is 19.2. The molecule has 0 bridgehead atoms. The standard InChI is InChI=1S/C19H16ClF3N4O2/c1-29-11-8-10(9-11)24-16-12-6-7-15(19(21,22)23)25-17(12)27(18(28)26-16)14-5-3-2-4-13(14)20/h2-7,10-11H,8-9H2,1H3,(H,24,26,28)/t10-,11+. The minimum atomic E-state index is -4.66. The predicted octanol–water partition coefficient (Wildman–Crippen LogP) is 4.04. The number of benzene rings is 1. The van der Waals surface area contributed by atoms with E-state index in [0.29, 0.717) is 18.2 Å². The Hall–Kier alpha value is -2.65. The van der Waals surface area contributed by atoms with Gasteiger partial charge in [0.25, 0.3) is 0 Å². The van der Waals surface area contributed by atoms with Gasteiger partial charge < -0.3 is 10.1 Å². The first-order valence-corrected chi connectivity index (χ1v) is 9.21. The number of anilines is 1. The van der Waals surface area contributed by atoms with E-state index in [1.807, 2.05) is 0 Å². The zero-order valence-electron chi connectivity index (χ0n) is 15.2. The van der Waals surface area contributed by atoms with Gasteiger partial charge in [0.15, 0.2) is 5.65 Å². The van der Waals surface area contributed by atoms with Crippen molar-refractivity contribution >= 4 is 28.5 Å². The number of hydrogen-bond donors (Lipinski definition) is 1. The van der Waals surface area contributed by atoms with Gasteiger partial charge in [-0.3, -0.25) is 0 Å². The molecule has 1 aliphatic rings. The van der Waals surface area contributed by atoms with Crippen LogP contribution in [-0.4, -0.2) is 33.8 Å². The van der Waals surface area contributed by atoms with E-state index >= 15 is 0 Å². The molecule has 0 spiro atoms. The summed E-state index contributed by atoms with van der Waals surface area (Å²) in [7, 11) is 1.61. The minimum Gasteiger partial charge on any atom is -0.381 e. The number of nitrogens with one attached hydrogen (secondary N) is 1. The van der Waals surface area contributed by atoms with Crippen LogP contribution in [0.3, 0.4) is 0 Å². The van der Waals surface area contributed by atoms with Crippen LogP contribution in [0.1, 0.15) is 18.5 Å². The van der Waals surface area contributed by atoms with E-state index in [0.717, 1.165) is 10.6 Å². The molecular weight excluding hydrogens is 409 g/mol. The third-order valence-corrected chi connectivity index (χ3v) is 5.21. The van der Waals surface area contributed by atoms with Crippen LogP contribution in [0.15, 0.2) is 41.2 Å². The van der Waals surface area contributed by atoms with Crippen molar-refractivity contribution in [1.82, 2.24) is 14.5 Å². The summed E-state index contributed by atoms with van der Waals surface area (Å²) in [4.78, 5) is 20.6. The summed E-state index contributed by atoms with van der Waals surface area (Å²) in [5, 5.41) is 3.60. The molecular formula is C19H16ClF3N4O2. The summed E-state index contributed by atoms with van der Waals surface area (Å²) in [5.41, 5.74) is -1.84. The Morgan fingerprint density at radius 2 is 1.90 bits per heavy atom. The summed E-state index contributed by atoms with van der Waals surface area (Å²) in [6, 6.07) is 8.48. The van der Waals surface area contributed by atoms with Gasteiger partial charge in [-0.2, -0.15) is 18.2 Å². The van der Waals surface area contributed by atoms with Crippen molar-refractivity contribution in [3.05, 3.63) is 57.6 Å². The van der Waals surface area contributed by atoms with Crippen LogP contribution in [0, 0.1) is 0 Å². The highest BCUT2D eigenvalue weighted by Crippen LogP contribution is 2.33. The second-order valence-corrected chi connectivity index (χ2v) is 7.17. The highest BCUT2D eigenvalue weighted by Gasteiger charge is 2.34. The summed E-state index contributed by atoms with van der Waals surface area (Å²) in [5.74, 6) is 0.189. The van der Waals surface area contributed by atoms with Crippen molar-refractivity contribution in [2.24, 2.45) is 0 Å². The van der Waals surface area contributed by atoms with Crippen LogP contribution in [0.4, 0.5) is 19.0 Å². The minimum absolute atomic E-state index is 0.00788. The van der Waals surface area contributed by atoms with E-state index in [1.165, 1.54) is 18.2 Å². The lowest BCUT2D eigenvalue weighted by Gasteiger charge is -2.35. The number of ether oxygens (including phenoxy) is 1. The molecule has 2 aromatic heterocycles. The van der Waals surface area contributed by atoms with Gasteiger partial charge in [0.2, 0.25) is 0 Å². The van der Waals surface area contributed by atoms with Crippen LogP contribution in [-0.2, 0) is 10.9 Å². The molecule has 2 heterocycles. The van der Waals surface area contributed by atoms with Gasteiger partial charge in [0.1, 0.15) is 11.5 Å². The van der Waals surface area contributed by atoms with Crippen LogP contribution in [0.25, 0.3) is 16.7 Å². The molecule has 1 aliphatic carbocycles. The lowest BCUT2D eigenvalue weighted by atomic mass is 9.89. The van der Waals surface area contributed by atoms with E-state index in [-0.39, 0.29) is 34.3 Å². The Morgan fingerprint density at radius 1 is 1.17 bits per heavy atom. The number of aromatic nitrogens is 3. The largest absolute Gasteiger partial charge is 0.433 e. The highest BCUT2D eigenvalue weighted by atomic mass is 35.5. The Labute approximate surface area is 168 Å². The van der Waals surface area contributed by atoms with E-state index in [4.69, 9.17) is 16.3 Å². The molecule has 3 aromatic rings. The van der Waals surface area contributed by atoms with Crippen LogP contribution < -0.4 is 11.0 Å². The topological polar surface area (TPSA) is 69.0 Å². The van der Waals surface area contributed by atoms with Gasteiger partial charge in [0, 0.05) is 13.2 Å². The number of fused-ring (bicyclic) bond motifs is 1. The maximum atomic E-state index is 13.3. The van der Waals surface area contributed by atoms with Crippen LogP contribution >= 0.6 is 11.6 Å². The first-order chi connectivity index (χ1) is 13.8. The van der Waals surface area contributed by atoms with Gasteiger partial charge in [-0.15, -0.1) is 0 Å². The van der Waals surface area contributed by atoms with Gasteiger partial charge in [-0.1, -0.05) is 23.7 Å². The average molecular weight is 425 g/mol. The number of alkyl halides is 3. The molecule has 1 fully saturated rings. The van der Waals surface area contributed by atoms with E-state index in [2.05, 4.69) is 15.3 Å². The Bertz CT molecular complexity index is 1130. The SMILES string of the molecule is CO[C@H]1C[C@@H](Nc2nc(=O)n(-c3ccccc3Cl)c3nc(C(F)(F)F)ccc23)C1. The number of hydrogen-bond acceptors (Lipinski definition) is 5. The van der Waals surface area contributed by atoms with Crippen molar-refractivity contribution in [3.8, 4) is 5.69 Å². The zero-order valence-corrected chi connectivity index (χ0v) is 16.0. The Balaban J connectivity index is 1.91. The molecule has 6 nitrogen and oxygen atoms in total. The fourth-order valence-corrected chi connectivity index (χ4v) is 3.51. The quantitative estimate of drug-likeness (QED) is 0.684. The van der Waals surface area contributed by atoms with Crippen molar-refractivity contribution in [2.45, 2.75) is 31.2 Å². The number of methoxy groups -OCH3 is 1. The molecule has 0 unspecified atom stereocenters. The molecule has 0 atom stereocenters. The molecule has 1 N–H and O–H groups in total. The number of para-hydroxylation sites is 1. The third-order valence-electron chi connectivity index (χ3n) is 4.89. The van der Waals surface area contributed by atoms with Crippen molar-refractivity contribution in [3.63, 3.8) is 0 Å². The van der Waals surface area contributed by atoms with Crippen LogP contribution in [0.5, 0.6) is 0 Å². The molecule has 1 aromatic carbocycles. The molecule has 10 heteroatoms. The van der Waals surface area contributed by atoms with Crippen LogP contribution in [0.2, 0.25) is 5.02 Å². The molecule has 152 valence electrons. The second kappa shape index (κ2) is 7.31. The maximum Gasteiger partial charge on any atom is 0.433 e. The summed E-state index contributed by atoms with van der Waals surface area (Å²) in [6.07, 6.45) is -3.13. The maximum absolute atomic E-state index is 13.3. The monoisotopic (exact) mass is 424 g/mol. The second-order valence-electron chi connectivity index (χ2n) is 6.77. The smallest absolute Gasteiger partial charge is 0.381 e. The zero-order chi connectivity index (χ0) is 20.8. The first-order valence-electron chi connectivity index (χ1n) is 8.83. The fraction of sp³-hybridized carbons (Fsp3) is 0.316. The van der Waals surface area contributed by atoms with E-state index in [9.17, 15) is 18.0 Å². The molecule has 0 amide bonds. The van der Waals surface area contributed by atoms with Crippen molar-refractivity contribution in [1.29, 1.82) is 0 Å². The van der Waals surface area contributed by atoms with Gasteiger partial charge in [0.05, 0.1) is 22.2 Å². The Morgan fingerprint density at radius 3 is 2.55 bits per heavy atom. The number of rotatable bonds is 4. The highest BCUT2D eigenvalue weighted by molar-refractivity contribution is 6.32. The lowest BCUT2D eigenvalue weighted by Crippen LogP contribution is -2.41. The summed E-state index contributed by atoms with van der Waals surface area (Å²) in [6.45, 7) is 0. The third kappa shape index (κ3) is 3.67. The van der Waals surface area contributed by atoms with Crippen molar-refractivity contribution in [2.75, 3.05) is 12.4 Å². The van der Waals surface area contributed by atoms with Gasteiger partial charge >= 0.3 is 11.9 Å². The lowest BCUT2D eigenvalue weighted by molar-refractivity contribution is -0.141. The first kappa shape index (κ1) is 19.7. The number of nitrogens with zero attached hydrogens (tertiary/aromatic N) is 3. The van der Waals surface area contributed by atoms with Gasteiger partial charge in [-0.05, 0) is 37.1 Å². The molecule has 0 aliphatic heterocycles. The predicted molar refractivity (Wildman–Crippen MR) is 103 cm³/mol. The summed E-state index contributed by atoms with van der Waals surface area (Å²) >= 11 is 6.18. The Kier molecular flexibility index (Phi) is 4.95. The molecule has 4 rings (SSSR count). The summed E-state index contributed by atoms with van der Waals surface area (Å²) < 4.78 is 46.0. The molecule has 0 saturated heterocycles. The average Bonchev–Trinajstić information content (AvgIpc) is 2.64. The van der Waals surface area contributed by atoms with E-state index in [1.54, 1.807) is 19.2 Å². The van der Waals surface area contributed by atoms with Gasteiger partial charge in [-0.25, -0.2) is 14.3 Å². The number of pyridine rings is 1. The molecule has 1 saturated carbocycles. The molecule has 29 heavy (non-hydrogen) atoms. The fourth-order valence-electron chi connectivity index (χ4n) is 3.29.